The van der Waals surface area contributed by atoms with E-state index in [0.717, 1.165) is 13.0 Å². The largest absolute Gasteiger partial charge is 0.385 e. The van der Waals surface area contributed by atoms with E-state index in [-0.39, 0.29) is 6.04 Å². The molecule has 0 fully saturated rings. The summed E-state index contributed by atoms with van der Waals surface area (Å²) in [4.78, 5) is 0. The van der Waals surface area contributed by atoms with Crippen molar-refractivity contribution in [2.75, 3.05) is 11.9 Å². The van der Waals surface area contributed by atoms with Crippen LogP contribution in [-0.2, 0) is 0 Å². The predicted molar refractivity (Wildman–Crippen MR) is 174 cm³/mol. The third-order valence-corrected chi connectivity index (χ3v) is 10.5. The second kappa shape index (κ2) is 13.3. The fraction of sp³-hybridized carbons (Fsp3) is 0.471. The number of fused-ring (bicyclic) bond motifs is 7. The highest BCUT2D eigenvalue weighted by atomic mass is 32.1. The average molecular weight is 545 g/mol. The monoisotopic (exact) mass is 544 g/mol. The summed E-state index contributed by atoms with van der Waals surface area (Å²) in [6.07, 6.45) is 15.6. The summed E-state index contributed by atoms with van der Waals surface area (Å²) in [5.74, 6) is 0. The van der Waals surface area contributed by atoms with Gasteiger partial charge >= 0.3 is 0 Å². The molecule has 2 heterocycles. The molecule has 3 N–H and O–H groups in total. The van der Waals surface area contributed by atoms with Crippen molar-refractivity contribution in [3.63, 3.8) is 0 Å². The molecule has 0 spiro atoms. The smallest absolute Gasteiger partial charge is 0.0534 e. The highest BCUT2D eigenvalue weighted by Crippen LogP contribution is 2.45. The number of hydrogen-bond acceptors (Lipinski definition) is 4. The molecular weight excluding hydrogens is 501 g/mol. The van der Waals surface area contributed by atoms with Gasteiger partial charge in [0.05, 0.1) is 9.40 Å². The summed E-state index contributed by atoms with van der Waals surface area (Å²) in [6.45, 7) is 5.61. The van der Waals surface area contributed by atoms with Gasteiger partial charge in [-0.25, -0.2) is 0 Å². The first-order chi connectivity index (χ1) is 18.7. The van der Waals surface area contributed by atoms with Gasteiger partial charge in [0, 0.05) is 49.2 Å². The minimum atomic E-state index is 0.137. The lowest BCUT2D eigenvalue weighted by Gasteiger charge is -2.12. The molecule has 2 nitrogen and oxygen atoms in total. The molecular formula is C34H44N2S2. The van der Waals surface area contributed by atoms with Gasteiger partial charge < -0.3 is 11.1 Å². The third kappa shape index (κ3) is 6.19. The number of unbranched alkanes of at least 4 members (excludes halogenated alkanes) is 9. The number of anilines is 1. The Balaban J connectivity index is 1.33. The summed E-state index contributed by atoms with van der Waals surface area (Å²) in [7, 11) is 0. The van der Waals surface area contributed by atoms with Crippen LogP contribution in [0.1, 0.15) is 103 Å². The third-order valence-electron chi connectivity index (χ3n) is 8.01. The van der Waals surface area contributed by atoms with E-state index in [1.54, 1.807) is 0 Å². The van der Waals surface area contributed by atoms with Crippen molar-refractivity contribution >= 4 is 68.7 Å². The Hall–Kier alpha value is -2.14. The van der Waals surface area contributed by atoms with E-state index in [0.29, 0.717) is 0 Å². The normalized spacial score (nSPS) is 12.8. The Morgan fingerprint density at radius 1 is 0.632 bits per heavy atom. The summed E-state index contributed by atoms with van der Waals surface area (Å²) >= 11 is 3.89. The topological polar surface area (TPSA) is 38.0 Å². The zero-order valence-electron chi connectivity index (χ0n) is 23.3. The van der Waals surface area contributed by atoms with Crippen molar-refractivity contribution in [1.82, 2.24) is 0 Å². The lowest BCUT2D eigenvalue weighted by Crippen LogP contribution is -2.09. The molecule has 4 heteroatoms. The first-order valence-corrected chi connectivity index (χ1v) is 16.6. The zero-order chi connectivity index (χ0) is 26.3. The van der Waals surface area contributed by atoms with E-state index in [1.165, 1.54) is 122 Å². The van der Waals surface area contributed by atoms with E-state index in [1.807, 2.05) is 22.7 Å². The van der Waals surface area contributed by atoms with Crippen LogP contribution < -0.4 is 11.1 Å². The minimum absolute atomic E-state index is 0.137. The molecule has 38 heavy (non-hydrogen) atoms. The van der Waals surface area contributed by atoms with Gasteiger partial charge in [0.25, 0.3) is 0 Å². The van der Waals surface area contributed by atoms with Crippen LogP contribution >= 0.6 is 22.7 Å². The van der Waals surface area contributed by atoms with Crippen LogP contribution in [-0.4, -0.2) is 6.54 Å². The Kier molecular flexibility index (Phi) is 9.59. The van der Waals surface area contributed by atoms with Crippen LogP contribution in [0.15, 0.2) is 48.5 Å². The van der Waals surface area contributed by atoms with Crippen LogP contribution in [0.4, 0.5) is 5.69 Å². The summed E-state index contributed by atoms with van der Waals surface area (Å²) in [5, 5.41) is 9.17. The summed E-state index contributed by atoms with van der Waals surface area (Å²) < 4.78 is 5.59. The van der Waals surface area contributed by atoms with E-state index in [9.17, 15) is 0 Å². The number of nitrogens with one attached hydrogen (secondary N) is 1. The predicted octanol–water partition coefficient (Wildman–Crippen LogP) is 11.6. The SMILES string of the molecule is CCCCCCCCNc1ccc2c(c1)sc1c2ccc2c3ccc(C(N)CCCCCCC)cc3sc21. The summed E-state index contributed by atoms with van der Waals surface area (Å²) in [5.41, 5.74) is 9.16. The average Bonchev–Trinajstić information content (AvgIpc) is 3.49. The molecule has 0 aliphatic heterocycles. The minimum Gasteiger partial charge on any atom is -0.385 e. The van der Waals surface area contributed by atoms with E-state index in [2.05, 4.69) is 67.7 Å². The van der Waals surface area contributed by atoms with Crippen molar-refractivity contribution < 1.29 is 0 Å². The Bertz CT molecular complexity index is 1480. The van der Waals surface area contributed by atoms with Crippen molar-refractivity contribution in [3.8, 4) is 0 Å². The zero-order valence-corrected chi connectivity index (χ0v) is 24.9. The standard InChI is InChI=1S/C34H44N2S2/c1-3-5-7-9-11-13-21-36-25-16-18-27-29-20-19-28-26-17-15-24(30(35)14-12-10-8-6-4-2)22-31(26)37-33(28)34(29)38-32(27)23-25/h15-20,22-23,30,36H,3-14,21,35H2,1-2H3. The van der Waals surface area contributed by atoms with E-state index in [4.69, 9.17) is 5.73 Å². The van der Waals surface area contributed by atoms with Crippen molar-refractivity contribution in [2.45, 2.75) is 96.9 Å². The van der Waals surface area contributed by atoms with Crippen molar-refractivity contribution in [3.05, 3.63) is 54.1 Å². The molecule has 0 saturated carbocycles. The number of thiophene rings is 2. The van der Waals surface area contributed by atoms with Crippen LogP contribution in [0.3, 0.4) is 0 Å². The molecule has 0 amide bonds. The molecule has 0 radical (unpaired) electrons. The molecule has 3 aromatic carbocycles. The molecule has 1 atom stereocenters. The molecule has 1 unspecified atom stereocenters. The molecule has 0 bridgehead atoms. The Morgan fingerprint density at radius 3 is 1.87 bits per heavy atom. The van der Waals surface area contributed by atoms with Gasteiger partial charge in [0.1, 0.15) is 0 Å². The quantitative estimate of drug-likeness (QED) is 0.129. The van der Waals surface area contributed by atoms with Gasteiger partial charge in [-0.15, -0.1) is 22.7 Å². The van der Waals surface area contributed by atoms with Gasteiger partial charge in [0.2, 0.25) is 0 Å². The Labute approximate surface area is 236 Å². The lowest BCUT2D eigenvalue weighted by molar-refractivity contribution is 0.555. The number of nitrogens with two attached hydrogens (primary N) is 1. The van der Waals surface area contributed by atoms with Gasteiger partial charge in [-0.3, -0.25) is 0 Å². The number of benzene rings is 3. The maximum absolute atomic E-state index is 6.62. The van der Waals surface area contributed by atoms with Gasteiger partial charge in [-0.1, -0.05) is 108 Å². The molecule has 5 rings (SSSR count). The molecule has 2 aromatic heterocycles. The maximum atomic E-state index is 6.62. The van der Waals surface area contributed by atoms with Crippen molar-refractivity contribution in [1.29, 1.82) is 0 Å². The Morgan fingerprint density at radius 2 is 1.18 bits per heavy atom. The van der Waals surface area contributed by atoms with Gasteiger partial charge in [0.15, 0.2) is 0 Å². The molecule has 0 aliphatic rings. The van der Waals surface area contributed by atoms with Crippen molar-refractivity contribution in [2.24, 2.45) is 5.73 Å². The second-order valence-electron chi connectivity index (χ2n) is 11.0. The van der Waals surface area contributed by atoms with Crippen LogP contribution in [0.25, 0.3) is 40.3 Å². The molecule has 0 saturated heterocycles. The van der Waals surface area contributed by atoms with Crippen LogP contribution in [0.5, 0.6) is 0 Å². The van der Waals surface area contributed by atoms with Crippen LogP contribution in [0, 0.1) is 0 Å². The van der Waals surface area contributed by atoms with Gasteiger partial charge in [-0.05, 0) is 36.6 Å². The van der Waals surface area contributed by atoms with Gasteiger partial charge in [-0.2, -0.15) is 0 Å². The number of rotatable bonds is 15. The van der Waals surface area contributed by atoms with E-state index >= 15 is 0 Å². The second-order valence-corrected chi connectivity index (χ2v) is 13.1. The fourth-order valence-corrected chi connectivity index (χ4v) is 8.33. The molecule has 202 valence electrons. The highest BCUT2D eigenvalue weighted by molar-refractivity contribution is 7.33. The summed E-state index contributed by atoms with van der Waals surface area (Å²) in [6, 6.07) is 18.7. The number of hydrogen-bond donors (Lipinski definition) is 2. The first kappa shape index (κ1) is 27.4. The molecule has 0 aliphatic carbocycles. The highest BCUT2D eigenvalue weighted by Gasteiger charge is 2.15. The first-order valence-electron chi connectivity index (χ1n) is 15.0. The van der Waals surface area contributed by atoms with E-state index < -0.39 is 0 Å². The molecule has 5 aromatic rings. The fourth-order valence-electron chi connectivity index (χ4n) is 5.70. The van der Waals surface area contributed by atoms with Crippen LogP contribution in [0.2, 0.25) is 0 Å². The maximum Gasteiger partial charge on any atom is 0.0534 e. The lowest BCUT2D eigenvalue weighted by atomic mass is 9.99.